The lowest BCUT2D eigenvalue weighted by atomic mass is 10.1. The lowest BCUT2D eigenvalue weighted by Crippen LogP contribution is -2.30. The Hall–Kier alpha value is -1.32. The minimum absolute atomic E-state index is 0.575. The summed E-state index contributed by atoms with van der Waals surface area (Å²) in [5.41, 5.74) is 0. The predicted molar refractivity (Wildman–Crippen MR) is 54.6 cm³/mol. The van der Waals surface area contributed by atoms with Gasteiger partial charge < -0.3 is 9.64 Å². The van der Waals surface area contributed by atoms with Crippen molar-refractivity contribution in [2.24, 2.45) is 0 Å². The van der Waals surface area contributed by atoms with Gasteiger partial charge in [0.05, 0.1) is 19.5 Å². The molecule has 1 aliphatic heterocycles. The highest BCUT2D eigenvalue weighted by Gasteiger charge is 2.11. The van der Waals surface area contributed by atoms with Gasteiger partial charge in [-0.2, -0.15) is 0 Å². The van der Waals surface area contributed by atoms with Crippen LogP contribution in [-0.4, -0.2) is 30.2 Å². The van der Waals surface area contributed by atoms with Crippen LogP contribution in [0.2, 0.25) is 0 Å². The van der Waals surface area contributed by atoms with Crippen LogP contribution in [0.15, 0.2) is 12.4 Å². The van der Waals surface area contributed by atoms with Crippen molar-refractivity contribution < 1.29 is 4.74 Å². The van der Waals surface area contributed by atoms with E-state index in [9.17, 15) is 0 Å². The molecule has 2 rings (SSSR count). The van der Waals surface area contributed by atoms with Crippen molar-refractivity contribution in [2.75, 3.05) is 25.1 Å². The predicted octanol–water partition coefficient (Wildman–Crippen LogP) is 1.48. The third-order valence-corrected chi connectivity index (χ3v) is 2.50. The van der Waals surface area contributed by atoms with Crippen molar-refractivity contribution in [3.63, 3.8) is 0 Å². The van der Waals surface area contributed by atoms with Crippen LogP contribution in [0.25, 0.3) is 0 Å². The SMILES string of the molecule is COc1cnc(N2CCCCC2)cn1. The molecule has 2 heterocycles. The van der Waals surface area contributed by atoms with Crippen molar-refractivity contribution in [2.45, 2.75) is 19.3 Å². The number of nitrogens with zero attached hydrogens (tertiary/aromatic N) is 3. The lowest BCUT2D eigenvalue weighted by molar-refractivity contribution is 0.395. The first kappa shape index (κ1) is 9.24. The summed E-state index contributed by atoms with van der Waals surface area (Å²) in [5, 5.41) is 0. The molecule has 4 heteroatoms. The summed E-state index contributed by atoms with van der Waals surface area (Å²) in [7, 11) is 1.60. The first-order valence-corrected chi connectivity index (χ1v) is 5.01. The molecule has 0 N–H and O–H groups in total. The summed E-state index contributed by atoms with van der Waals surface area (Å²) in [6.07, 6.45) is 7.30. The van der Waals surface area contributed by atoms with Crippen LogP contribution in [0, 0.1) is 0 Å². The minimum atomic E-state index is 0.575. The molecule has 0 spiro atoms. The van der Waals surface area contributed by atoms with Crippen molar-refractivity contribution in [3.8, 4) is 5.88 Å². The van der Waals surface area contributed by atoms with Crippen LogP contribution in [0.4, 0.5) is 5.82 Å². The molecule has 0 bridgehead atoms. The van der Waals surface area contributed by atoms with Gasteiger partial charge in [0, 0.05) is 13.1 Å². The molecule has 0 unspecified atom stereocenters. The fourth-order valence-corrected chi connectivity index (χ4v) is 1.70. The van der Waals surface area contributed by atoms with E-state index in [4.69, 9.17) is 4.74 Å². The molecule has 1 fully saturated rings. The zero-order valence-corrected chi connectivity index (χ0v) is 8.44. The Labute approximate surface area is 83.9 Å². The fourth-order valence-electron chi connectivity index (χ4n) is 1.70. The van der Waals surface area contributed by atoms with E-state index < -0.39 is 0 Å². The van der Waals surface area contributed by atoms with Crippen LogP contribution >= 0.6 is 0 Å². The molecule has 14 heavy (non-hydrogen) atoms. The maximum atomic E-state index is 4.96. The molecule has 76 valence electrons. The number of hydrogen-bond donors (Lipinski definition) is 0. The van der Waals surface area contributed by atoms with E-state index in [0.717, 1.165) is 18.9 Å². The maximum absolute atomic E-state index is 4.96. The third-order valence-electron chi connectivity index (χ3n) is 2.50. The topological polar surface area (TPSA) is 38.2 Å². The normalized spacial score (nSPS) is 16.8. The van der Waals surface area contributed by atoms with E-state index in [-0.39, 0.29) is 0 Å². The minimum Gasteiger partial charge on any atom is -0.480 e. The summed E-state index contributed by atoms with van der Waals surface area (Å²) >= 11 is 0. The standard InChI is InChI=1S/C10H15N3O/c1-14-10-8-11-9(7-12-10)13-5-3-2-4-6-13/h7-8H,2-6H2,1H3. The van der Waals surface area contributed by atoms with E-state index in [1.165, 1.54) is 19.3 Å². The Kier molecular flexibility index (Phi) is 2.81. The van der Waals surface area contributed by atoms with Crippen molar-refractivity contribution in [3.05, 3.63) is 12.4 Å². The van der Waals surface area contributed by atoms with Gasteiger partial charge in [0.15, 0.2) is 0 Å². The number of rotatable bonds is 2. The van der Waals surface area contributed by atoms with Gasteiger partial charge in [0.25, 0.3) is 0 Å². The van der Waals surface area contributed by atoms with Gasteiger partial charge in [-0.15, -0.1) is 0 Å². The molecular weight excluding hydrogens is 178 g/mol. The Morgan fingerprint density at radius 1 is 1.14 bits per heavy atom. The van der Waals surface area contributed by atoms with E-state index in [0.29, 0.717) is 5.88 Å². The van der Waals surface area contributed by atoms with Crippen LogP contribution in [0.3, 0.4) is 0 Å². The number of hydrogen-bond acceptors (Lipinski definition) is 4. The van der Waals surface area contributed by atoms with Crippen LogP contribution in [0.5, 0.6) is 5.88 Å². The molecule has 0 atom stereocenters. The molecule has 1 aromatic rings. The van der Waals surface area contributed by atoms with Gasteiger partial charge in [-0.05, 0) is 19.3 Å². The second-order valence-electron chi connectivity index (χ2n) is 3.46. The molecule has 1 aliphatic rings. The fraction of sp³-hybridized carbons (Fsp3) is 0.600. The van der Waals surface area contributed by atoms with Crippen LogP contribution < -0.4 is 9.64 Å². The van der Waals surface area contributed by atoms with Gasteiger partial charge in [0.2, 0.25) is 5.88 Å². The highest BCUT2D eigenvalue weighted by molar-refractivity contribution is 5.36. The van der Waals surface area contributed by atoms with Crippen molar-refractivity contribution in [1.82, 2.24) is 9.97 Å². The average Bonchev–Trinajstić information content (AvgIpc) is 2.30. The summed E-state index contributed by atoms with van der Waals surface area (Å²) in [5.74, 6) is 1.54. The molecule has 0 amide bonds. The first-order valence-electron chi connectivity index (χ1n) is 5.01. The van der Waals surface area contributed by atoms with Crippen molar-refractivity contribution in [1.29, 1.82) is 0 Å². The van der Waals surface area contributed by atoms with E-state index in [2.05, 4.69) is 14.9 Å². The summed E-state index contributed by atoms with van der Waals surface area (Å²) < 4.78 is 4.96. The molecule has 0 saturated carbocycles. The van der Waals surface area contributed by atoms with Crippen LogP contribution in [-0.2, 0) is 0 Å². The van der Waals surface area contributed by atoms with Gasteiger partial charge in [-0.3, -0.25) is 0 Å². The zero-order valence-electron chi connectivity index (χ0n) is 8.44. The summed E-state index contributed by atoms with van der Waals surface area (Å²) in [6, 6.07) is 0. The van der Waals surface area contributed by atoms with Gasteiger partial charge >= 0.3 is 0 Å². The largest absolute Gasteiger partial charge is 0.480 e. The number of ether oxygens (including phenoxy) is 1. The molecule has 0 aliphatic carbocycles. The number of piperidine rings is 1. The first-order chi connectivity index (χ1) is 6.90. The highest BCUT2D eigenvalue weighted by atomic mass is 16.5. The van der Waals surface area contributed by atoms with E-state index in [1.54, 1.807) is 19.5 Å². The molecule has 0 radical (unpaired) electrons. The molecule has 0 aromatic carbocycles. The Morgan fingerprint density at radius 3 is 2.50 bits per heavy atom. The highest BCUT2D eigenvalue weighted by Crippen LogP contribution is 2.17. The van der Waals surface area contributed by atoms with Crippen molar-refractivity contribution >= 4 is 5.82 Å². The zero-order chi connectivity index (χ0) is 9.80. The van der Waals surface area contributed by atoms with E-state index in [1.807, 2.05) is 0 Å². The Balaban J connectivity index is 2.07. The second-order valence-corrected chi connectivity index (χ2v) is 3.46. The number of anilines is 1. The van der Waals surface area contributed by atoms with Gasteiger partial charge in [-0.25, -0.2) is 9.97 Å². The molecule has 1 saturated heterocycles. The maximum Gasteiger partial charge on any atom is 0.232 e. The van der Waals surface area contributed by atoms with Gasteiger partial charge in [0.1, 0.15) is 5.82 Å². The molecule has 4 nitrogen and oxygen atoms in total. The third kappa shape index (κ3) is 1.95. The molecule has 1 aromatic heterocycles. The smallest absolute Gasteiger partial charge is 0.232 e. The van der Waals surface area contributed by atoms with Crippen LogP contribution in [0.1, 0.15) is 19.3 Å². The summed E-state index contributed by atoms with van der Waals surface area (Å²) in [4.78, 5) is 10.7. The second kappa shape index (κ2) is 4.26. The van der Waals surface area contributed by atoms with E-state index >= 15 is 0 Å². The lowest BCUT2D eigenvalue weighted by Gasteiger charge is -2.27. The monoisotopic (exact) mass is 193 g/mol. The Bertz CT molecular complexity index is 280. The van der Waals surface area contributed by atoms with Gasteiger partial charge in [-0.1, -0.05) is 0 Å². The quantitative estimate of drug-likeness (QED) is 0.713. The average molecular weight is 193 g/mol. The summed E-state index contributed by atoms with van der Waals surface area (Å²) in [6.45, 7) is 2.20. The molecular formula is C10H15N3O. The number of aromatic nitrogens is 2. The Morgan fingerprint density at radius 2 is 1.93 bits per heavy atom. The number of methoxy groups -OCH3 is 1.